The molecule has 2 heterocycles. The van der Waals surface area contributed by atoms with Gasteiger partial charge in [0, 0.05) is 49.8 Å². The number of morpholine rings is 1. The lowest BCUT2D eigenvalue weighted by molar-refractivity contribution is 0.0504. The molecule has 0 bridgehead atoms. The fraction of sp³-hybridized carbons (Fsp3) is 0.933. The van der Waals surface area contributed by atoms with E-state index in [-0.39, 0.29) is 11.6 Å². The standard InChI is InChI=1S/C15H27N3O2S/c19-14(17-5-9-20-10-6-17)16-13-15(3-1-2-4-15)18-7-11-21-12-8-18/h1-13H2,(H,16,19). The minimum absolute atomic E-state index is 0.0935. The Bertz CT molecular complexity index is 349. The summed E-state index contributed by atoms with van der Waals surface area (Å²) < 4.78 is 5.31. The fourth-order valence-corrected chi connectivity index (χ4v) is 4.70. The van der Waals surface area contributed by atoms with E-state index in [0.29, 0.717) is 13.2 Å². The summed E-state index contributed by atoms with van der Waals surface area (Å²) in [4.78, 5) is 16.9. The molecule has 0 radical (unpaired) electrons. The van der Waals surface area contributed by atoms with Crippen molar-refractivity contribution in [1.29, 1.82) is 0 Å². The quantitative estimate of drug-likeness (QED) is 0.855. The van der Waals surface area contributed by atoms with Crippen LogP contribution >= 0.6 is 11.8 Å². The normalized spacial score (nSPS) is 26.8. The molecular formula is C15H27N3O2S. The lowest BCUT2D eigenvalue weighted by atomic mass is 9.94. The maximum absolute atomic E-state index is 12.3. The van der Waals surface area contributed by atoms with Crippen LogP contribution in [-0.4, -0.2) is 78.8 Å². The highest BCUT2D eigenvalue weighted by Gasteiger charge is 2.40. The highest BCUT2D eigenvalue weighted by Crippen LogP contribution is 2.36. The molecule has 3 rings (SSSR count). The number of amides is 2. The van der Waals surface area contributed by atoms with Crippen LogP contribution in [0.5, 0.6) is 0 Å². The molecule has 120 valence electrons. The minimum Gasteiger partial charge on any atom is -0.378 e. The molecule has 0 spiro atoms. The van der Waals surface area contributed by atoms with Gasteiger partial charge < -0.3 is 15.0 Å². The second-order valence-electron chi connectivity index (χ2n) is 6.29. The van der Waals surface area contributed by atoms with Gasteiger partial charge in [0.25, 0.3) is 0 Å². The smallest absolute Gasteiger partial charge is 0.317 e. The number of carbonyl (C=O) groups is 1. The van der Waals surface area contributed by atoms with Crippen LogP contribution in [-0.2, 0) is 4.74 Å². The number of nitrogens with zero attached hydrogens (tertiary/aromatic N) is 2. The van der Waals surface area contributed by atoms with Gasteiger partial charge in [-0.2, -0.15) is 11.8 Å². The van der Waals surface area contributed by atoms with Gasteiger partial charge >= 0.3 is 6.03 Å². The molecule has 2 saturated heterocycles. The summed E-state index contributed by atoms with van der Waals surface area (Å²) in [5, 5.41) is 3.22. The molecule has 2 amide bonds. The zero-order valence-electron chi connectivity index (χ0n) is 12.8. The summed E-state index contributed by atoms with van der Waals surface area (Å²) in [5.74, 6) is 2.47. The molecule has 5 nitrogen and oxygen atoms in total. The average Bonchev–Trinajstić information content (AvgIpc) is 3.04. The largest absolute Gasteiger partial charge is 0.378 e. The molecule has 3 aliphatic rings. The number of hydrogen-bond donors (Lipinski definition) is 1. The van der Waals surface area contributed by atoms with Crippen molar-refractivity contribution in [1.82, 2.24) is 15.1 Å². The van der Waals surface area contributed by atoms with Crippen LogP contribution in [0.1, 0.15) is 25.7 Å². The van der Waals surface area contributed by atoms with Crippen LogP contribution in [0.3, 0.4) is 0 Å². The van der Waals surface area contributed by atoms with Gasteiger partial charge in [0.15, 0.2) is 0 Å². The van der Waals surface area contributed by atoms with Crippen molar-refractivity contribution in [2.75, 3.05) is 57.4 Å². The molecule has 0 unspecified atom stereocenters. The number of rotatable bonds is 3. The number of thioether (sulfide) groups is 1. The van der Waals surface area contributed by atoms with Crippen molar-refractivity contribution in [2.24, 2.45) is 0 Å². The summed E-state index contributed by atoms with van der Waals surface area (Å²) in [6, 6.07) is 0.0935. The van der Waals surface area contributed by atoms with E-state index in [0.717, 1.165) is 19.6 Å². The molecule has 0 aromatic rings. The van der Waals surface area contributed by atoms with Crippen molar-refractivity contribution >= 4 is 17.8 Å². The Balaban J connectivity index is 1.56. The number of carbonyl (C=O) groups excluding carboxylic acids is 1. The van der Waals surface area contributed by atoms with E-state index in [1.807, 2.05) is 4.90 Å². The molecule has 3 fully saturated rings. The van der Waals surface area contributed by atoms with Gasteiger partial charge in [0.1, 0.15) is 0 Å². The van der Waals surface area contributed by atoms with Crippen LogP contribution in [0.4, 0.5) is 4.79 Å². The molecule has 21 heavy (non-hydrogen) atoms. The Hall–Kier alpha value is -0.460. The Kier molecular flexibility index (Phi) is 5.29. The number of urea groups is 1. The third kappa shape index (κ3) is 3.66. The monoisotopic (exact) mass is 313 g/mol. The van der Waals surface area contributed by atoms with Crippen molar-refractivity contribution in [3.8, 4) is 0 Å². The van der Waals surface area contributed by atoms with Crippen LogP contribution in [0.2, 0.25) is 0 Å². The second-order valence-corrected chi connectivity index (χ2v) is 7.51. The topological polar surface area (TPSA) is 44.8 Å². The van der Waals surface area contributed by atoms with Gasteiger partial charge in [0.05, 0.1) is 13.2 Å². The Labute approximate surface area is 131 Å². The van der Waals surface area contributed by atoms with Gasteiger partial charge in [-0.05, 0) is 12.8 Å². The molecule has 1 N–H and O–H groups in total. The van der Waals surface area contributed by atoms with E-state index in [1.54, 1.807) is 0 Å². The van der Waals surface area contributed by atoms with Gasteiger partial charge in [-0.3, -0.25) is 4.90 Å². The van der Waals surface area contributed by atoms with E-state index in [4.69, 9.17) is 4.74 Å². The van der Waals surface area contributed by atoms with Gasteiger partial charge in [0.2, 0.25) is 0 Å². The molecule has 0 aromatic heterocycles. The molecule has 0 atom stereocenters. The minimum atomic E-state index is 0.0935. The highest BCUT2D eigenvalue weighted by molar-refractivity contribution is 7.99. The summed E-state index contributed by atoms with van der Waals surface area (Å²) in [6.45, 7) is 5.95. The Morgan fingerprint density at radius 1 is 1.10 bits per heavy atom. The van der Waals surface area contributed by atoms with Crippen molar-refractivity contribution in [3.63, 3.8) is 0 Å². The molecule has 6 heteroatoms. The Morgan fingerprint density at radius 2 is 1.76 bits per heavy atom. The lowest BCUT2D eigenvalue weighted by Crippen LogP contribution is -2.58. The summed E-state index contributed by atoms with van der Waals surface area (Å²) >= 11 is 2.05. The van der Waals surface area contributed by atoms with E-state index >= 15 is 0 Å². The van der Waals surface area contributed by atoms with Crippen LogP contribution < -0.4 is 5.32 Å². The van der Waals surface area contributed by atoms with Crippen molar-refractivity contribution < 1.29 is 9.53 Å². The van der Waals surface area contributed by atoms with Crippen LogP contribution in [0.25, 0.3) is 0 Å². The molecule has 0 aromatic carbocycles. The van der Waals surface area contributed by atoms with E-state index in [1.165, 1.54) is 50.3 Å². The number of hydrogen-bond acceptors (Lipinski definition) is 4. The fourth-order valence-electron chi connectivity index (χ4n) is 3.79. The average molecular weight is 313 g/mol. The number of ether oxygens (including phenoxy) is 1. The van der Waals surface area contributed by atoms with Crippen LogP contribution in [0.15, 0.2) is 0 Å². The molecule has 1 saturated carbocycles. The van der Waals surface area contributed by atoms with Crippen LogP contribution in [0, 0.1) is 0 Å². The second kappa shape index (κ2) is 7.20. The predicted molar refractivity (Wildman–Crippen MR) is 85.9 cm³/mol. The maximum atomic E-state index is 12.3. The molecular weight excluding hydrogens is 286 g/mol. The first-order valence-corrected chi connectivity index (χ1v) is 9.39. The van der Waals surface area contributed by atoms with Crippen molar-refractivity contribution in [2.45, 2.75) is 31.2 Å². The van der Waals surface area contributed by atoms with Gasteiger partial charge in [-0.15, -0.1) is 0 Å². The number of nitrogens with one attached hydrogen (secondary N) is 1. The van der Waals surface area contributed by atoms with E-state index < -0.39 is 0 Å². The lowest BCUT2D eigenvalue weighted by Gasteiger charge is -2.44. The van der Waals surface area contributed by atoms with E-state index in [9.17, 15) is 4.79 Å². The summed E-state index contributed by atoms with van der Waals surface area (Å²) in [5.41, 5.74) is 0.225. The van der Waals surface area contributed by atoms with Crippen molar-refractivity contribution in [3.05, 3.63) is 0 Å². The third-order valence-electron chi connectivity index (χ3n) is 5.08. The van der Waals surface area contributed by atoms with E-state index in [2.05, 4.69) is 22.0 Å². The van der Waals surface area contributed by atoms with Gasteiger partial charge in [-0.25, -0.2) is 4.79 Å². The van der Waals surface area contributed by atoms with Gasteiger partial charge in [-0.1, -0.05) is 12.8 Å². The first kappa shape index (κ1) is 15.4. The summed E-state index contributed by atoms with van der Waals surface area (Å²) in [6.07, 6.45) is 5.08. The SMILES string of the molecule is O=C(NCC1(N2CCSCC2)CCCC1)N1CCOCC1. The maximum Gasteiger partial charge on any atom is 0.317 e. The zero-order valence-corrected chi connectivity index (χ0v) is 13.6. The predicted octanol–water partition coefficient (Wildman–Crippen LogP) is 1.39. The first-order valence-electron chi connectivity index (χ1n) is 8.24. The summed E-state index contributed by atoms with van der Waals surface area (Å²) in [7, 11) is 0. The molecule has 1 aliphatic carbocycles. The highest BCUT2D eigenvalue weighted by atomic mass is 32.2. The third-order valence-corrected chi connectivity index (χ3v) is 6.03. The Morgan fingerprint density at radius 3 is 2.43 bits per heavy atom. The zero-order chi connectivity index (χ0) is 14.5. The first-order chi connectivity index (χ1) is 10.3. The molecule has 2 aliphatic heterocycles.